The van der Waals surface area contributed by atoms with E-state index in [2.05, 4.69) is 61.5 Å². The highest BCUT2D eigenvalue weighted by Crippen LogP contribution is 2.41. The number of thiophene rings is 1. The standard InChI is InChI=1S/C21H26N3O2S/c1-6-23(7-2)20-13-10-16(27-20)9-12-19-21(3,4)17-14-15(24(25)26)8-11-18(17)22(19)5/h8-14H,6-7H2,1-5H3/q+1. The molecule has 1 aliphatic heterocycles. The number of benzene rings is 1. The van der Waals surface area contributed by atoms with Gasteiger partial charge in [0.2, 0.25) is 5.69 Å². The summed E-state index contributed by atoms with van der Waals surface area (Å²) in [6.45, 7) is 10.6. The van der Waals surface area contributed by atoms with Crippen LogP contribution in [0, 0.1) is 10.1 Å². The highest BCUT2D eigenvalue weighted by atomic mass is 32.1. The molecule has 0 saturated carbocycles. The second-order valence-electron chi connectivity index (χ2n) is 7.21. The van der Waals surface area contributed by atoms with Gasteiger partial charge in [-0.25, -0.2) is 0 Å². The minimum Gasteiger partial charge on any atom is -0.364 e. The molecular weight excluding hydrogens is 358 g/mol. The maximum absolute atomic E-state index is 11.2. The number of allylic oxidation sites excluding steroid dienone is 1. The van der Waals surface area contributed by atoms with Gasteiger partial charge in [-0.1, -0.05) is 0 Å². The molecule has 27 heavy (non-hydrogen) atoms. The lowest BCUT2D eigenvalue weighted by atomic mass is 9.81. The summed E-state index contributed by atoms with van der Waals surface area (Å²) in [6, 6.07) is 9.45. The first kappa shape index (κ1) is 19.3. The molecule has 0 aliphatic carbocycles. The van der Waals surface area contributed by atoms with Crippen molar-refractivity contribution in [2.45, 2.75) is 33.1 Å². The Morgan fingerprint density at radius 1 is 1.19 bits per heavy atom. The summed E-state index contributed by atoms with van der Waals surface area (Å²) in [7, 11) is 2.02. The number of hydrogen-bond acceptors (Lipinski definition) is 4. The third kappa shape index (κ3) is 3.41. The molecule has 3 rings (SSSR count). The fraction of sp³-hybridized carbons (Fsp3) is 0.381. The van der Waals surface area contributed by atoms with Crippen LogP contribution >= 0.6 is 11.3 Å². The Morgan fingerprint density at radius 3 is 2.52 bits per heavy atom. The highest BCUT2D eigenvalue weighted by Gasteiger charge is 2.43. The van der Waals surface area contributed by atoms with Crippen molar-refractivity contribution < 1.29 is 9.50 Å². The molecule has 2 heterocycles. The van der Waals surface area contributed by atoms with Crippen LogP contribution in [0.3, 0.4) is 0 Å². The van der Waals surface area contributed by atoms with E-state index in [1.807, 2.05) is 13.1 Å². The molecule has 0 amide bonds. The lowest BCUT2D eigenvalue weighted by Gasteiger charge is -2.17. The van der Waals surface area contributed by atoms with E-state index in [0.717, 1.165) is 30.1 Å². The average Bonchev–Trinajstić information content (AvgIpc) is 3.17. The third-order valence-electron chi connectivity index (χ3n) is 5.32. The van der Waals surface area contributed by atoms with E-state index in [1.54, 1.807) is 23.5 Å². The number of rotatable bonds is 6. The van der Waals surface area contributed by atoms with E-state index in [-0.39, 0.29) is 16.0 Å². The zero-order valence-corrected chi connectivity index (χ0v) is 17.3. The van der Waals surface area contributed by atoms with Crippen molar-refractivity contribution in [2.75, 3.05) is 25.0 Å². The van der Waals surface area contributed by atoms with E-state index in [9.17, 15) is 10.1 Å². The molecule has 0 fully saturated rings. The maximum Gasteiger partial charge on any atom is 0.270 e. The number of nitrogens with zero attached hydrogens (tertiary/aromatic N) is 3. The lowest BCUT2D eigenvalue weighted by Crippen LogP contribution is -2.26. The van der Waals surface area contributed by atoms with Crippen LogP contribution in [-0.2, 0) is 5.41 Å². The summed E-state index contributed by atoms with van der Waals surface area (Å²) in [5.41, 5.74) is 3.01. The first-order valence-corrected chi connectivity index (χ1v) is 10.0. The van der Waals surface area contributed by atoms with E-state index in [1.165, 1.54) is 9.88 Å². The van der Waals surface area contributed by atoms with E-state index in [0.29, 0.717) is 0 Å². The summed E-state index contributed by atoms with van der Waals surface area (Å²) < 4.78 is 2.13. The molecule has 1 aromatic carbocycles. The first-order valence-electron chi connectivity index (χ1n) is 9.22. The van der Waals surface area contributed by atoms with Crippen LogP contribution < -0.4 is 4.90 Å². The predicted octanol–water partition coefficient (Wildman–Crippen LogP) is 5.22. The quantitative estimate of drug-likeness (QED) is 0.390. The lowest BCUT2D eigenvalue weighted by molar-refractivity contribution is -0.402. The van der Waals surface area contributed by atoms with Crippen LogP contribution in [0.25, 0.3) is 6.08 Å². The molecule has 5 nitrogen and oxygen atoms in total. The Kier molecular flexibility index (Phi) is 5.20. The molecule has 142 valence electrons. The molecule has 0 saturated heterocycles. The van der Waals surface area contributed by atoms with Crippen molar-refractivity contribution in [3.8, 4) is 0 Å². The van der Waals surface area contributed by atoms with Crippen LogP contribution in [0.1, 0.15) is 38.1 Å². The normalized spacial score (nSPS) is 15.4. The number of hydrogen-bond donors (Lipinski definition) is 0. The van der Waals surface area contributed by atoms with Gasteiger partial charge in [0.15, 0.2) is 5.71 Å². The summed E-state index contributed by atoms with van der Waals surface area (Å²) >= 11 is 1.78. The first-order chi connectivity index (χ1) is 12.8. The number of non-ortho nitro benzene ring substituents is 1. The summed E-state index contributed by atoms with van der Waals surface area (Å²) in [6.07, 6.45) is 4.29. The number of nitro benzene ring substituents is 1. The Morgan fingerprint density at radius 2 is 1.89 bits per heavy atom. The second kappa shape index (κ2) is 7.27. The van der Waals surface area contributed by atoms with E-state index in [4.69, 9.17) is 0 Å². The smallest absolute Gasteiger partial charge is 0.270 e. The van der Waals surface area contributed by atoms with Gasteiger partial charge in [-0.3, -0.25) is 10.1 Å². The topological polar surface area (TPSA) is 49.4 Å². The monoisotopic (exact) mass is 384 g/mol. The van der Waals surface area contributed by atoms with Crippen LogP contribution in [0.5, 0.6) is 0 Å². The van der Waals surface area contributed by atoms with Gasteiger partial charge in [-0.2, -0.15) is 4.58 Å². The fourth-order valence-corrected chi connectivity index (χ4v) is 4.77. The van der Waals surface area contributed by atoms with Gasteiger partial charge < -0.3 is 4.90 Å². The zero-order chi connectivity index (χ0) is 19.8. The van der Waals surface area contributed by atoms with Crippen LogP contribution in [0.4, 0.5) is 16.4 Å². The Balaban J connectivity index is 1.92. The second-order valence-corrected chi connectivity index (χ2v) is 8.30. The molecule has 1 aromatic heterocycles. The van der Waals surface area contributed by atoms with Gasteiger partial charge in [0.05, 0.1) is 15.3 Å². The average molecular weight is 385 g/mol. The van der Waals surface area contributed by atoms with Crippen molar-refractivity contribution in [3.63, 3.8) is 0 Å². The summed E-state index contributed by atoms with van der Waals surface area (Å²) in [5, 5.41) is 12.4. The SMILES string of the molecule is CCN(CC)c1ccc(C=CC2=[N+](C)c3ccc([N+](=O)[O-])cc3C2(C)C)s1. The molecule has 1 aliphatic rings. The molecule has 0 N–H and O–H groups in total. The molecule has 2 aromatic rings. The van der Waals surface area contributed by atoms with Crippen molar-refractivity contribution in [1.29, 1.82) is 0 Å². The number of anilines is 1. The minimum absolute atomic E-state index is 0.141. The van der Waals surface area contributed by atoms with E-state index < -0.39 is 0 Å². The Hall–Kier alpha value is -2.47. The summed E-state index contributed by atoms with van der Waals surface area (Å²) in [4.78, 5) is 14.4. The maximum atomic E-state index is 11.2. The number of fused-ring (bicyclic) bond motifs is 1. The third-order valence-corrected chi connectivity index (χ3v) is 6.43. The van der Waals surface area contributed by atoms with Gasteiger partial charge in [0, 0.05) is 47.8 Å². The summed E-state index contributed by atoms with van der Waals surface area (Å²) in [5.74, 6) is 0. The minimum atomic E-state index is -0.329. The van der Waals surface area contributed by atoms with E-state index >= 15 is 0 Å². The van der Waals surface area contributed by atoms with Gasteiger partial charge in [0.25, 0.3) is 5.69 Å². The molecule has 0 radical (unpaired) electrons. The fourth-order valence-electron chi connectivity index (χ4n) is 3.74. The van der Waals surface area contributed by atoms with Crippen molar-refractivity contribution in [3.05, 3.63) is 57.0 Å². The highest BCUT2D eigenvalue weighted by molar-refractivity contribution is 7.16. The van der Waals surface area contributed by atoms with Crippen molar-refractivity contribution in [2.24, 2.45) is 0 Å². The van der Waals surface area contributed by atoms with Gasteiger partial charge in [-0.05, 0) is 45.9 Å². The largest absolute Gasteiger partial charge is 0.364 e. The van der Waals surface area contributed by atoms with Crippen molar-refractivity contribution >= 4 is 39.5 Å². The molecule has 0 bridgehead atoms. The van der Waals surface area contributed by atoms with Gasteiger partial charge in [-0.15, -0.1) is 11.3 Å². The van der Waals surface area contributed by atoms with Crippen LogP contribution in [-0.4, -0.2) is 35.3 Å². The predicted molar refractivity (Wildman–Crippen MR) is 114 cm³/mol. The van der Waals surface area contributed by atoms with Crippen molar-refractivity contribution in [1.82, 2.24) is 0 Å². The molecule has 0 spiro atoms. The Labute approximate surface area is 164 Å². The van der Waals surface area contributed by atoms with Crippen LogP contribution in [0.15, 0.2) is 36.4 Å². The molecule has 0 atom stereocenters. The molecule has 0 unspecified atom stereocenters. The molecule has 6 heteroatoms. The number of nitro groups is 1. The van der Waals surface area contributed by atoms with Crippen LogP contribution in [0.2, 0.25) is 0 Å². The Bertz CT molecular complexity index is 937. The van der Waals surface area contributed by atoms with Gasteiger partial charge >= 0.3 is 0 Å². The molecular formula is C21H26N3O2S+. The van der Waals surface area contributed by atoms with Gasteiger partial charge in [0.1, 0.15) is 7.05 Å². The zero-order valence-electron chi connectivity index (χ0n) is 16.5.